The van der Waals surface area contributed by atoms with Gasteiger partial charge in [-0.05, 0) is 210 Å². The number of hydrogen-bond acceptors (Lipinski definition) is 9. The summed E-state index contributed by atoms with van der Waals surface area (Å²) < 4.78 is 10.5. The van der Waals surface area contributed by atoms with Crippen molar-refractivity contribution in [1.82, 2.24) is 52.7 Å². The minimum Gasteiger partial charge on any atom is -0.292 e. The molecule has 0 saturated carbocycles. The number of fused-ring (bicyclic) bond motifs is 21. The predicted octanol–water partition coefficient (Wildman–Crippen LogP) is 32.3. The molecule has 2 aliphatic carbocycles. The van der Waals surface area contributed by atoms with Gasteiger partial charge in [0.1, 0.15) is 34.9 Å². The van der Waals surface area contributed by atoms with E-state index >= 15 is 0 Å². The Morgan fingerprint density at radius 2 is 0.420 bits per heavy atom. The van der Waals surface area contributed by atoms with Gasteiger partial charge in [0.2, 0.25) is 16.5 Å². The Balaban J connectivity index is 0.000000110. The molecule has 0 N–H and O–H groups in total. The molecule has 0 atom stereocenters. The van der Waals surface area contributed by atoms with Gasteiger partial charge in [-0.3, -0.25) is 22.8 Å². The lowest BCUT2D eigenvalue weighted by Crippen LogP contribution is -2.13. The van der Waals surface area contributed by atoms with Gasteiger partial charge in [-0.25, -0.2) is 9.97 Å². The molecule has 0 spiro atoms. The lowest BCUT2D eigenvalue weighted by atomic mass is 9.96. The highest BCUT2D eigenvalue weighted by Gasteiger charge is 2.30. The number of para-hydroxylation sites is 8. The monoisotopic (exact) mass is 1910 g/mol. The summed E-state index contributed by atoms with van der Waals surface area (Å²) in [6.45, 7) is 0. The van der Waals surface area contributed by atoms with Crippen molar-refractivity contribution in [2.24, 2.45) is 0 Å². The van der Waals surface area contributed by atoms with Crippen LogP contribution >= 0.6 is 46.4 Å². The Labute approximate surface area is 841 Å². The van der Waals surface area contributed by atoms with Gasteiger partial charge in [0.05, 0.1) is 55.2 Å². The summed E-state index contributed by atoms with van der Waals surface area (Å²) in [5, 5.41) is 41.1. The zero-order chi connectivity index (χ0) is 96.3. The molecule has 0 saturated heterocycles. The van der Waals surface area contributed by atoms with Crippen LogP contribution in [0.4, 0.5) is 0 Å². The number of rotatable bonds is 9. The van der Waals surface area contributed by atoms with Crippen LogP contribution in [0.3, 0.4) is 0 Å². The third-order valence-corrected chi connectivity index (χ3v) is 27.9. The zero-order valence-corrected chi connectivity index (χ0v) is 79.3. The molecule has 0 amide bonds. The molecular weight excluding hydrogens is 1840 g/mol. The maximum absolute atomic E-state index is 11.4. The van der Waals surface area contributed by atoms with Crippen LogP contribution in [0, 0.1) is 34.0 Å². The second kappa shape index (κ2) is 37.3. The molecule has 14 nitrogen and oxygen atoms in total. The number of benzene rings is 18. The van der Waals surface area contributed by atoms with Crippen LogP contribution in [0.5, 0.6) is 0 Å². The Morgan fingerprint density at radius 1 is 0.189 bits per heavy atom. The lowest BCUT2D eigenvalue weighted by molar-refractivity contribution is 0.911. The molecule has 0 bridgehead atoms. The second-order valence-electron chi connectivity index (χ2n) is 35.0. The fourth-order valence-corrected chi connectivity index (χ4v) is 21.5. The average molecular weight is 1920 g/mol. The van der Waals surface area contributed by atoms with Crippen LogP contribution in [0.25, 0.3) is 205 Å². The number of halogens is 4. The van der Waals surface area contributed by atoms with Gasteiger partial charge in [-0.1, -0.05) is 375 Å². The molecular formula is C125H76Cl4N14. The van der Waals surface area contributed by atoms with Gasteiger partial charge >= 0.3 is 0 Å². The first kappa shape index (κ1) is 87.6. The molecule has 2 aliphatic rings. The molecule has 28 rings (SSSR count). The molecule has 0 unspecified atom stereocenters. The van der Waals surface area contributed by atoms with E-state index in [2.05, 4.69) is 373 Å². The highest BCUT2D eigenvalue weighted by atomic mass is 35.5. The zero-order valence-electron chi connectivity index (χ0n) is 76.3. The summed E-state index contributed by atoms with van der Waals surface area (Å²) in [5.74, 6) is 2.42. The molecule has 0 radical (unpaired) electrons. The van der Waals surface area contributed by atoms with Gasteiger partial charge < -0.3 is 0 Å². The van der Waals surface area contributed by atoms with E-state index in [4.69, 9.17) is 61.6 Å². The van der Waals surface area contributed by atoms with E-state index in [-0.39, 0.29) is 26.4 Å². The third kappa shape index (κ3) is 15.7. The Bertz CT molecular complexity index is 8990. The normalized spacial score (nSPS) is 11.6. The summed E-state index contributed by atoms with van der Waals surface area (Å²) >= 11 is 22.9. The maximum atomic E-state index is 11.4. The topological polar surface area (TPSA) is 173 Å². The summed E-state index contributed by atoms with van der Waals surface area (Å²) in [6.07, 6.45) is 2.14. The van der Waals surface area contributed by atoms with Crippen molar-refractivity contribution < 1.29 is 0 Å². The van der Waals surface area contributed by atoms with E-state index in [0.29, 0.717) is 40.3 Å². The fraction of sp³-hybridized carbons (Fsp3) is 0.0160. The van der Waals surface area contributed by atoms with Gasteiger partial charge in [-0.15, -0.1) is 0 Å². The van der Waals surface area contributed by atoms with Crippen molar-refractivity contribution in [3.8, 4) is 114 Å². The third-order valence-electron chi connectivity index (χ3n) is 27.0. The summed E-state index contributed by atoms with van der Waals surface area (Å²) in [5.41, 5.74) is 31.4. The van der Waals surface area contributed by atoms with Crippen molar-refractivity contribution >= 4 is 155 Å². The van der Waals surface area contributed by atoms with Crippen LogP contribution in [0.15, 0.2) is 437 Å². The van der Waals surface area contributed by atoms with Crippen LogP contribution in [-0.2, 0) is 12.8 Å². The highest BCUT2D eigenvalue weighted by Crippen LogP contribution is 2.46. The van der Waals surface area contributed by atoms with Gasteiger partial charge in [0, 0.05) is 53.9 Å². The van der Waals surface area contributed by atoms with E-state index in [1.165, 1.54) is 66.8 Å². The van der Waals surface area contributed by atoms with Gasteiger partial charge in [-0.2, -0.15) is 35.7 Å². The molecule has 18 heteroatoms. The van der Waals surface area contributed by atoms with Crippen molar-refractivity contribution in [2.75, 3.05) is 0 Å². The second-order valence-corrected chi connectivity index (χ2v) is 36.4. The Morgan fingerprint density at radius 3 is 0.713 bits per heavy atom. The lowest BCUT2D eigenvalue weighted by Gasteiger charge is -2.17. The van der Waals surface area contributed by atoms with Crippen LogP contribution in [0.2, 0.25) is 20.9 Å². The first-order valence-corrected chi connectivity index (χ1v) is 48.3. The summed E-state index contributed by atoms with van der Waals surface area (Å²) in [7, 11) is 0. The smallest absolute Gasteiger partial charge is 0.238 e. The van der Waals surface area contributed by atoms with Crippen molar-refractivity contribution in [3.05, 3.63) is 497 Å². The molecule has 8 aromatic heterocycles. The maximum Gasteiger partial charge on any atom is 0.238 e. The minimum atomic E-state index is -0.0704. The van der Waals surface area contributed by atoms with E-state index < -0.39 is 0 Å². The summed E-state index contributed by atoms with van der Waals surface area (Å²) in [6, 6.07) is 159. The summed E-state index contributed by atoms with van der Waals surface area (Å²) in [4.78, 5) is 27.2. The molecule has 0 fully saturated rings. The minimum absolute atomic E-state index is 0.0301. The van der Waals surface area contributed by atoms with Crippen molar-refractivity contribution in [1.29, 1.82) is 15.8 Å². The van der Waals surface area contributed by atoms with E-state index in [0.717, 1.165) is 144 Å². The number of aromatic nitrogens is 11. The van der Waals surface area contributed by atoms with Gasteiger partial charge in [0.25, 0.3) is 0 Å². The number of nitriles is 3. The van der Waals surface area contributed by atoms with Crippen molar-refractivity contribution in [3.63, 3.8) is 0 Å². The number of nitrogens with zero attached hydrogens (tertiary/aromatic N) is 14. The SMILES string of the molecule is N#Cc1c(-n2c3ccccc3c3ccccc32)nc(-n2c3ccc(-c4ccccc4)cc3c3cc(-c4ccccc4)ccc32)nc1-n1c2ccccc2c2ccccc21.N#Cc1c(-n2c3ccccc3c3ccccc32)nc(Cl)nc1-n1c2ccccc2c2ccccc21.N#Cc1c(Cl)nc(Cl)nc1Cl.c1ccc(-c2ccc3c(c2)-c2cc(-c4ccccc4)ccc2C3)cc1.c1ccc2c(c1)Cc1ccccc1-2. The molecule has 0 aliphatic heterocycles. The Kier molecular flexibility index (Phi) is 22.8. The van der Waals surface area contributed by atoms with E-state index in [1.54, 1.807) is 6.07 Å². The average Bonchev–Trinajstić information content (AvgIpc) is 1.55. The van der Waals surface area contributed by atoms with E-state index in [1.807, 2.05) is 118 Å². The Hall–Kier alpha value is -18.2. The van der Waals surface area contributed by atoms with Crippen LogP contribution < -0.4 is 0 Å². The highest BCUT2D eigenvalue weighted by molar-refractivity contribution is 6.37. The molecule has 8 heterocycles. The van der Waals surface area contributed by atoms with Crippen molar-refractivity contribution in [2.45, 2.75) is 12.8 Å². The molecule has 674 valence electrons. The van der Waals surface area contributed by atoms with Crippen LogP contribution in [-0.4, -0.2) is 52.7 Å². The first-order chi connectivity index (χ1) is 70.5. The standard InChI is InChI=1S/C53H32N6.C29H16ClN5.C25H18.C13H10.C5Cl3N3/c54-33-44-51(57-45-23-11-7-19-38(45)39-20-8-12-24-46(39)57)55-53(56-52(44)58-47-25-13-9-21-40(47)41-22-10-14-26-48(41)58)59-49-29-27-36(34-15-3-1-4-16-34)31-42(49)43-32-37(28-30-50(43)59)35-17-5-2-6-18-35;30-29-32-27(34-23-13-5-1-9-18(23)19-10-2-6-14-24(19)34)22(17-31)28(33-29)35-25-15-7-3-11-20(25)21-12-4-8-16-26(21)35;1-3-7-18(8-4-1)20-11-13-22-15-23-14-12-21(17-25(23)24(22)16-20)19-9-5-2-6-10-19;1-3-7-12-10(5-1)9-11-6-2-4-8-13(11)12;6-3-2(1-9)4(7)11-5(8)10-3/h1-32H;1-16H;1-14,16-17H,15H2;1-8H,9H2;. The van der Waals surface area contributed by atoms with Gasteiger partial charge in [0.15, 0.2) is 33.6 Å². The molecule has 143 heavy (non-hydrogen) atoms. The predicted molar refractivity (Wildman–Crippen MR) is 583 cm³/mol. The first-order valence-electron chi connectivity index (χ1n) is 46.7. The van der Waals surface area contributed by atoms with Crippen LogP contribution in [0.1, 0.15) is 38.9 Å². The molecule has 18 aromatic carbocycles. The largest absolute Gasteiger partial charge is 0.292 e. The quantitative estimate of drug-likeness (QED) is 0.101. The van der Waals surface area contributed by atoms with E-state index in [9.17, 15) is 10.5 Å². The number of hydrogen-bond donors (Lipinski definition) is 0. The fourth-order valence-electron chi connectivity index (χ4n) is 20.6. The molecule has 26 aromatic rings.